The smallest absolute Gasteiger partial charge is 0.315 e. The van der Waals surface area contributed by atoms with Crippen LogP contribution in [0.2, 0.25) is 0 Å². The average molecular weight is 681 g/mol. The zero-order valence-corrected chi connectivity index (χ0v) is 27.2. The van der Waals surface area contributed by atoms with Gasteiger partial charge in [0.1, 0.15) is 22.8 Å². The molecule has 10 rings (SSSR count). The summed E-state index contributed by atoms with van der Waals surface area (Å²) in [5.74, 6) is 0.0822. The molecule has 0 saturated carbocycles. The fourth-order valence-corrected chi connectivity index (χ4v) is 7.35. The van der Waals surface area contributed by atoms with Crippen LogP contribution in [0.5, 0.6) is 11.5 Å². The van der Waals surface area contributed by atoms with Crippen LogP contribution in [0.4, 0.5) is 0 Å². The Balaban J connectivity index is 1.10. The number of nitrogens with zero attached hydrogens (tertiary/aromatic N) is 4. The minimum Gasteiger partial charge on any atom is -0.426 e. The molecular weight excluding hydrogens is 656 g/mol. The van der Waals surface area contributed by atoms with Crippen molar-refractivity contribution in [2.24, 2.45) is 0 Å². The van der Waals surface area contributed by atoms with E-state index in [0.29, 0.717) is 88.3 Å². The summed E-state index contributed by atoms with van der Waals surface area (Å²) in [5.41, 5.74) is 4.06. The van der Waals surface area contributed by atoms with Crippen LogP contribution in [0.3, 0.4) is 0 Å². The number of fused-ring (bicyclic) bond motifs is 8. The maximum Gasteiger partial charge on any atom is 0.315 e. The van der Waals surface area contributed by atoms with Crippen molar-refractivity contribution in [2.45, 2.75) is 12.8 Å². The second kappa shape index (κ2) is 11.2. The molecule has 10 aromatic rings. The molecule has 0 unspecified atom stereocenters. The number of para-hydroxylation sites is 2. The Labute approximate surface area is 292 Å². The van der Waals surface area contributed by atoms with Crippen LogP contribution >= 0.6 is 0 Å². The fourth-order valence-electron chi connectivity index (χ4n) is 7.35. The fraction of sp³-hybridized carbons (Fsp3) is 0.0476. The van der Waals surface area contributed by atoms with E-state index in [1.54, 1.807) is 106 Å². The van der Waals surface area contributed by atoms with Crippen molar-refractivity contribution in [3.63, 3.8) is 0 Å². The number of hydrogen-bond donors (Lipinski definition) is 0. The van der Waals surface area contributed by atoms with Gasteiger partial charge in [-0.15, -0.1) is 0 Å². The highest BCUT2D eigenvalue weighted by Crippen LogP contribution is 2.37. The van der Waals surface area contributed by atoms with Gasteiger partial charge in [0.25, 0.3) is 11.1 Å². The van der Waals surface area contributed by atoms with Gasteiger partial charge < -0.3 is 9.47 Å². The number of aromatic nitrogens is 4. The van der Waals surface area contributed by atoms with E-state index in [2.05, 4.69) is 0 Å². The van der Waals surface area contributed by atoms with Crippen LogP contribution in [0, 0.1) is 0 Å². The number of esters is 2. The Hall–Kier alpha value is -7.20. The predicted molar refractivity (Wildman–Crippen MR) is 198 cm³/mol. The Morgan fingerprint density at radius 3 is 1.33 bits per heavy atom. The molecule has 4 heterocycles. The predicted octanol–water partition coefficient (Wildman–Crippen LogP) is 6.64. The minimum atomic E-state index is -0.419. The molecule has 52 heavy (non-hydrogen) atoms. The molecule has 0 atom stereocenters. The summed E-state index contributed by atoms with van der Waals surface area (Å²) in [6.45, 7) is 0. The largest absolute Gasteiger partial charge is 0.426 e. The molecule has 248 valence electrons. The summed E-state index contributed by atoms with van der Waals surface area (Å²) in [6, 6.07) is 35.7. The van der Waals surface area contributed by atoms with E-state index in [4.69, 9.17) is 19.4 Å². The number of carbonyl (C=O) groups is 2. The molecule has 0 aliphatic carbocycles. The third-order valence-electron chi connectivity index (χ3n) is 9.59. The van der Waals surface area contributed by atoms with E-state index in [9.17, 15) is 19.2 Å². The number of carbonyl (C=O) groups excluding carboxylic acids is 2. The topological polar surface area (TPSA) is 121 Å². The Bertz CT molecular complexity index is 2990. The Morgan fingerprint density at radius 1 is 0.500 bits per heavy atom. The van der Waals surface area contributed by atoms with E-state index in [1.807, 2.05) is 24.3 Å². The van der Waals surface area contributed by atoms with Crippen molar-refractivity contribution in [3.05, 3.63) is 153 Å². The van der Waals surface area contributed by atoms with Gasteiger partial charge in [-0.25, -0.2) is 9.97 Å². The quantitative estimate of drug-likeness (QED) is 0.109. The van der Waals surface area contributed by atoms with Gasteiger partial charge in [0.15, 0.2) is 0 Å². The molecule has 6 aromatic carbocycles. The molecule has 0 bridgehead atoms. The van der Waals surface area contributed by atoms with Gasteiger partial charge in [-0.2, -0.15) is 0 Å². The summed E-state index contributed by atoms with van der Waals surface area (Å²) in [5, 5.41) is 3.60. The molecule has 10 nitrogen and oxygen atoms in total. The highest BCUT2D eigenvalue weighted by Gasteiger charge is 2.23. The molecule has 0 fully saturated rings. The molecule has 0 amide bonds. The first-order valence-electron chi connectivity index (χ1n) is 16.7. The lowest BCUT2D eigenvalue weighted by Gasteiger charge is -2.12. The lowest BCUT2D eigenvalue weighted by atomic mass is 9.96. The second-order valence-electron chi connectivity index (χ2n) is 12.8. The van der Waals surface area contributed by atoms with Crippen molar-refractivity contribution in [2.75, 3.05) is 0 Å². The zero-order chi connectivity index (χ0) is 35.1. The van der Waals surface area contributed by atoms with Crippen LogP contribution in [-0.2, 0) is 22.4 Å². The molecule has 10 heteroatoms. The number of pyridine rings is 2. The summed E-state index contributed by atoms with van der Waals surface area (Å²) in [6.07, 6.45) is 0.0294. The first-order chi connectivity index (χ1) is 25.4. The standard InChI is InChI=1S/C42H24N4O6/c47-35(51-25-7-3-1-4-8-25)21-23-11-17-31-33(19-23)45-39(43-31)27-13-14-28-38-30(16-15-29(37(27)38)41(45)49)42(50)46-34-20-24(12-18-32(34)44-40(28)46)22-36(48)52-26-9-5-2-6-10-26/h1-20H,21-22H2. The first kappa shape index (κ1) is 29.7. The number of benzene rings is 6. The van der Waals surface area contributed by atoms with Gasteiger partial charge in [-0.05, 0) is 83.9 Å². The van der Waals surface area contributed by atoms with E-state index >= 15 is 0 Å². The number of hydrogen-bond acceptors (Lipinski definition) is 8. The average Bonchev–Trinajstić information content (AvgIpc) is 3.73. The highest BCUT2D eigenvalue weighted by molar-refractivity contribution is 6.27. The van der Waals surface area contributed by atoms with Gasteiger partial charge in [0.05, 0.1) is 34.9 Å². The number of imidazole rings is 2. The molecule has 0 aliphatic heterocycles. The molecule has 0 spiro atoms. The van der Waals surface area contributed by atoms with Crippen LogP contribution in [0.15, 0.2) is 131 Å². The summed E-state index contributed by atoms with van der Waals surface area (Å²) in [4.78, 5) is 63.7. The molecule has 4 aromatic heterocycles. The van der Waals surface area contributed by atoms with E-state index < -0.39 is 11.9 Å². The Morgan fingerprint density at radius 2 is 0.904 bits per heavy atom. The third-order valence-corrected chi connectivity index (χ3v) is 9.59. The molecule has 0 aliphatic rings. The van der Waals surface area contributed by atoms with Crippen molar-refractivity contribution in [1.82, 2.24) is 18.8 Å². The van der Waals surface area contributed by atoms with E-state index in [0.717, 1.165) is 0 Å². The summed E-state index contributed by atoms with van der Waals surface area (Å²) >= 11 is 0. The Kier molecular flexibility index (Phi) is 6.37. The van der Waals surface area contributed by atoms with Crippen molar-refractivity contribution < 1.29 is 19.1 Å². The van der Waals surface area contributed by atoms with Crippen LogP contribution < -0.4 is 20.6 Å². The van der Waals surface area contributed by atoms with Crippen LogP contribution in [0.25, 0.3) is 65.7 Å². The van der Waals surface area contributed by atoms with Gasteiger partial charge in [0.2, 0.25) is 0 Å². The maximum atomic E-state index is 14.3. The van der Waals surface area contributed by atoms with Gasteiger partial charge in [-0.1, -0.05) is 48.5 Å². The van der Waals surface area contributed by atoms with Gasteiger partial charge >= 0.3 is 11.9 Å². The van der Waals surface area contributed by atoms with Gasteiger partial charge in [-0.3, -0.25) is 28.0 Å². The van der Waals surface area contributed by atoms with Crippen molar-refractivity contribution >= 4 is 77.6 Å². The third kappa shape index (κ3) is 4.51. The van der Waals surface area contributed by atoms with Crippen molar-refractivity contribution in [1.29, 1.82) is 0 Å². The van der Waals surface area contributed by atoms with Gasteiger partial charge in [0, 0.05) is 32.3 Å². The van der Waals surface area contributed by atoms with Crippen LogP contribution in [-0.4, -0.2) is 30.7 Å². The van der Waals surface area contributed by atoms with E-state index in [-0.39, 0.29) is 24.0 Å². The normalized spacial score (nSPS) is 11.9. The molecule has 0 N–H and O–H groups in total. The number of ether oxygens (including phenoxy) is 2. The summed E-state index contributed by atoms with van der Waals surface area (Å²) in [7, 11) is 0. The van der Waals surface area contributed by atoms with E-state index in [1.165, 1.54) is 0 Å². The lowest BCUT2D eigenvalue weighted by molar-refractivity contribution is -0.134. The SMILES string of the molecule is O=C(Cc1ccc2nc3c4ccc5c6c(ccc(c(=O)n3c2c1)c46)c(=O)n1c2cc(CC(=O)Oc3ccccc3)ccc2nc51)Oc1ccccc1. The monoisotopic (exact) mass is 680 g/mol. The molecule has 0 saturated heterocycles. The van der Waals surface area contributed by atoms with Crippen LogP contribution in [0.1, 0.15) is 11.1 Å². The molecular formula is C42H24N4O6. The maximum absolute atomic E-state index is 14.3. The number of rotatable bonds is 6. The zero-order valence-electron chi connectivity index (χ0n) is 27.2. The first-order valence-corrected chi connectivity index (χ1v) is 16.7. The van der Waals surface area contributed by atoms with Crippen molar-refractivity contribution in [3.8, 4) is 11.5 Å². The lowest BCUT2D eigenvalue weighted by Crippen LogP contribution is -2.17. The molecule has 0 radical (unpaired) electrons. The summed E-state index contributed by atoms with van der Waals surface area (Å²) < 4.78 is 14.1. The minimum absolute atomic E-state index is 0.0147. The highest BCUT2D eigenvalue weighted by atomic mass is 16.5. The second-order valence-corrected chi connectivity index (χ2v) is 12.8.